The van der Waals surface area contributed by atoms with Crippen molar-refractivity contribution >= 4 is 0 Å². The van der Waals surface area contributed by atoms with Gasteiger partial charge in [-0.25, -0.2) is 9.97 Å². The van der Waals surface area contributed by atoms with Crippen molar-refractivity contribution in [2.75, 3.05) is 13.2 Å². The number of aromatic nitrogens is 2. The Kier molecular flexibility index (Phi) is 2.74. The third-order valence-corrected chi connectivity index (χ3v) is 2.51. The molecule has 0 saturated heterocycles. The molecule has 1 aromatic heterocycles. The molecule has 0 atom stereocenters. The minimum absolute atomic E-state index is 0.412. The molecular formula is C10H15N3O. The lowest BCUT2D eigenvalue weighted by Gasteiger charge is -2.08. The molecule has 0 bridgehead atoms. The first-order chi connectivity index (χ1) is 6.81. The summed E-state index contributed by atoms with van der Waals surface area (Å²) < 4.78 is 5.41. The van der Waals surface area contributed by atoms with E-state index in [0.29, 0.717) is 6.54 Å². The zero-order valence-electron chi connectivity index (χ0n) is 8.42. The molecule has 0 aliphatic carbocycles. The molecule has 0 spiro atoms. The lowest BCUT2D eigenvalue weighted by molar-refractivity contribution is 0.146. The van der Waals surface area contributed by atoms with Crippen molar-refractivity contribution in [3.8, 4) is 0 Å². The molecule has 2 rings (SSSR count). The summed E-state index contributed by atoms with van der Waals surface area (Å²) >= 11 is 0. The topological polar surface area (TPSA) is 61.0 Å². The van der Waals surface area contributed by atoms with Gasteiger partial charge in [0.05, 0.1) is 19.8 Å². The Labute approximate surface area is 83.5 Å². The highest BCUT2D eigenvalue weighted by atomic mass is 16.5. The summed E-state index contributed by atoms with van der Waals surface area (Å²) in [6.07, 6.45) is 1.80. The summed E-state index contributed by atoms with van der Waals surface area (Å²) in [5.74, 6) is 0.739. The number of hydrogen-bond donors (Lipinski definition) is 1. The predicted molar refractivity (Wildman–Crippen MR) is 52.9 cm³/mol. The molecule has 0 unspecified atom stereocenters. The molecule has 2 heterocycles. The molecule has 0 amide bonds. The number of ether oxygens (including phenoxy) is 1. The van der Waals surface area contributed by atoms with Gasteiger partial charge in [0, 0.05) is 17.8 Å². The molecule has 2 N–H and O–H groups in total. The fourth-order valence-electron chi connectivity index (χ4n) is 1.79. The first-order valence-corrected chi connectivity index (χ1v) is 4.94. The highest BCUT2D eigenvalue weighted by Crippen LogP contribution is 2.15. The van der Waals surface area contributed by atoms with Crippen LogP contribution in [0.15, 0.2) is 0 Å². The first kappa shape index (κ1) is 9.55. The van der Waals surface area contributed by atoms with E-state index < -0.39 is 0 Å². The van der Waals surface area contributed by atoms with E-state index in [4.69, 9.17) is 10.5 Å². The Hall–Kier alpha value is -1.00. The van der Waals surface area contributed by atoms with Crippen molar-refractivity contribution in [1.82, 2.24) is 9.97 Å². The standard InChI is InChI=1S/C10H15N3O/c1-7-8-2-4-14-5-3-9(8)13-10(6-11)12-7/h2-6,11H2,1H3. The van der Waals surface area contributed by atoms with E-state index in [2.05, 4.69) is 9.97 Å². The molecule has 0 saturated carbocycles. The van der Waals surface area contributed by atoms with Gasteiger partial charge >= 0.3 is 0 Å². The first-order valence-electron chi connectivity index (χ1n) is 4.94. The van der Waals surface area contributed by atoms with Crippen molar-refractivity contribution < 1.29 is 4.74 Å². The fourth-order valence-corrected chi connectivity index (χ4v) is 1.79. The van der Waals surface area contributed by atoms with E-state index in [1.54, 1.807) is 0 Å². The summed E-state index contributed by atoms with van der Waals surface area (Å²) in [6.45, 7) is 3.96. The Balaban J connectivity index is 2.43. The lowest BCUT2D eigenvalue weighted by atomic mass is 10.1. The van der Waals surface area contributed by atoms with Crippen LogP contribution < -0.4 is 5.73 Å². The number of fused-ring (bicyclic) bond motifs is 1. The van der Waals surface area contributed by atoms with Crippen LogP contribution in [0.1, 0.15) is 22.8 Å². The van der Waals surface area contributed by atoms with Crippen molar-refractivity contribution in [3.05, 3.63) is 22.8 Å². The molecule has 1 aliphatic heterocycles. The van der Waals surface area contributed by atoms with Crippen molar-refractivity contribution in [2.45, 2.75) is 26.3 Å². The minimum atomic E-state index is 0.412. The molecule has 4 nitrogen and oxygen atoms in total. The Morgan fingerprint density at radius 1 is 1.29 bits per heavy atom. The van der Waals surface area contributed by atoms with Crippen LogP contribution in [0.2, 0.25) is 0 Å². The van der Waals surface area contributed by atoms with Gasteiger partial charge in [0.1, 0.15) is 5.82 Å². The minimum Gasteiger partial charge on any atom is -0.381 e. The summed E-state index contributed by atoms with van der Waals surface area (Å²) in [5, 5.41) is 0. The SMILES string of the molecule is Cc1nc(CN)nc2c1CCOCC2. The van der Waals surface area contributed by atoms with Crippen LogP contribution in [0.4, 0.5) is 0 Å². The summed E-state index contributed by atoms with van der Waals surface area (Å²) in [5.41, 5.74) is 8.96. The maximum absolute atomic E-state index is 5.53. The van der Waals surface area contributed by atoms with Crippen molar-refractivity contribution in [3.63, 3.8) is 0 Å². The zero-order valence-corrected chi connectivity index (χ0v) is 8.42. The smallest absolute Gasteiger partial charge is 0.142 e. The Bertz CT molecular complexity index is 338. The normalized spacial score (nSPS) is 16.1. The van der Waals surface area contributed by atoms with Gasteiger partial charge in [0.2, 0.25) is 0 Å². The van der Waals surface area contributed by atoms with E-state index in [1.165, 1.54) is 5.56 Å². The summed E-state index contributed by atoms with van der Waals surface area (Å²) in [4.78, 5) is 8.79. The Morgan fingerprint density at radius 2 is 2.07 bits per heavy atom. The summed E-state index contributed by atoms with van der Waals surface area (Å²) in [7, 11) is 0. The largest absolute Gasteiger partial charge is 0.381 e. The average molecular weight is 193 g/mol. The predicted octanol–water partition coefficient (Wildman–Crippen LogP) is 0.359. The van der Waals surface area contributed by atoms with Crippen LogP contribution in [0.3, 0.4) is 0 Å². The Morgan fingerprint density at radius 3 is 2.86 bits per heavy atom. The second-order valence-corrected chi connectivity index (χ2v) is 3.47. The van der Waals surface area contributed by atoms with Crippen molar-refractivity contribution in [1.29, 1.82) is 0 Å². The maximum Gasteiger partial charge on any atom is 0.142 e. The van der Waals surface area contributed by atoms with Gasteiger partial charge in [-0.3, -0.25) is 0 Å². The van der Waals surface area contributed by atoms with E-state index in [0.717, 1.165) is 43.3 Å². The van der Waals surface area contributed by atoms with Gasteiger partial charge < -0.3 is 10.5 Å². The van der Waals surface area contributed by atoms with Gasteiger partial charge in [0.25, 0.3) is 0 Å². The lowest BCUT2D eigenvalue weighted by Crippen LogP contribution is -2.10. The van der Waals surface area contributed by atoms with E-state index >= 15 is 0 Å². The molecule has 1 aliphatic rings. The second-order valence-electron chi connectivity index (χ2n) is 3.47. The molecular weight excluding hydrogens is 178 g/mol. The number of nitrogens with zero attached hydrogens (tertiary/aromatic N) is 2. The van der Waals surface area contributed by atoms with Crippen LogP contribution in [0.5, 0.6) is 0 Å². The molecule has 0 aromatic carbocycles. The molecule has 4 heteroatoms. The van der Waals surface area contributed by atoms with Crippen LogP contribution in [0.25, 0.3) is 0 Å². The van der Waals surface area contributed by atoms with Crippen LogP contribution in [0, 0.1) is 6.92 Å². The van der Waals surface area contributed by atoms with Crippen LogP contribution in [-0.2, 0) is 24.1 Å². The monoisotopic (exact) mass is 193 g/mol. The number of rotatable bonds is 1. The van der Waals surface area contributed by atoms with E-state index in [-0.39, 0.29) is 0 Å². The van der Waals surface area contributed by atoms with E-state index in [1.807, 2.05) is 6.92 Å². The zero-order chi connectivity index (χ0) is 9.97. The third-order valence-electron chi connectivity index (χ3n) is 2.51. The van der Waals surface area contributed by atoms with Gasteiger partial charge in [-0.1, -0.05) is 0 Å². The molecule has 76 valence electrons. The maximum atomic E-state index is 5.53. The van der Waals surface area contributed by atoms with Crippen LogP contribution in [-0.4, -0.2) is 23.2 Å². The summed E-state index contributed by atoms with van der Waals surface area (Å²) in [6, 6.07) is 0. The van der Waals surface area contributed by atoms with Gasteiger partial charge in [0.15, 0.2) is 0 Å². The van der Waals surface area contributed by atoms with Gasteiger partial charge in [-0.15, -0.1) is 0 Å². The van der Waals surface area contributed by atoms with E-state index in [9.17, 15) is 0 Å². The second kappa shape index (κ2) is 4.02. The highest BCUT2D eigenvalue weighted by molar-refractivity contribution is 5.26. The number of aryl methyl sites for hydroxylation is 1. The van der Waals surface area contributed by atoms with Gasteiger partial charge in [-0.05, 0) is 18.9 Å². The van der Waals surface area contributed by atoms with Gasteiger partial charge in [-0.2, -0.15) is 0 Å². The van der Waals surface area contributed by atoms with Crippen molar-refractivity contribution in [2.24, 2.45) is 5.73 Å². The molecule has 1 aromatic rings. The fraction of sp³-hybridized carbons (Fsp3) is 0.600. The third kappa shape index (κ3) is 1.76. The number of hydrogen-bond acceptors (Lipinski definition) is 4. The molecule has 14 heavy (non-hydrogen) atoms. The molecule has 0 radical (unpaired) electrons. The highest BCUT2D eigenvalue weighted by Gasteiger charge is 2.13. The molecule has 0 fully saturated rings. The quantitative estimate of drug-likeness (QED) is 0.699. The average Bonchev–Trinajstić information content (AvgIpc) is 2.42. The van der Waals surface area contributed by atoms with Crippen LogP contribution >= 0.6 is 0 Å². The number of nitrogens with two attached hydrogens (primary N) is 1.